The lowest BCUT2D eigenvalue weighted by atomic mass is 10.1. The first kappa shape index (κ1) is 15.7. The molecular weight excluding hydrogens is 260 g/mol. The zero-order chi connectivity index (χ0) is 15.4. The minimum atomic E-state index is 0.479. The highest BCUT2D eigenvalue weighted by atomic mass is 15.1. The normalized spacial score (nSPS) is 12.9. The summed E-state index contributed by atoms with van der Waals surface area (Å²) in [5, 5.41) is 7.32. The Labute approximate surface area is 127 Å². The molecule has 0 amide bonds. The van der Waals surface area contributed by atoms with Crippen molar-refractivity contribution in [3.8, 4) is 0 Å². The number of hydrogen-bond acceptors (Lipinski definition) is 3. The van der Waals surface area contributed by atoms with Crippen molar-refractivity contribution in [2.24, 2.45) is 0 Å². The Morgan fingerprint density at radius 3 is 2.67 bits per heavy atom. The van der Waals surface area contributed by atoms with Crippen LogP contribution in [0.5, 0.6) is 0 Å². The molecule has 0 radical (unpaired) electrons. The lowest BCUT2D eigenvalue weighted by Gasteiger charge is -2.24. The molecule has 2 aromatic heterocycles. The van der Waals surface area contributed by atoms with Crippen molar-refractivity contribution in [1.29, 1.82) is 0 Å². The van der Waals surface area contributed by atoms with Crippen molar-refractivity contribution in [2.75, 3.05) is 13.6 Å². The van der Waals surface area contributed by atoms with Crippen LogP contribution < -0.4 is 0 Å². The second kappa shape index (κ2) is 6.85. The maximum atomic E-state index is 4.46. The molecule has 1 N–H and O–H groups in total. The number of aromatic amines is 1. The lowest BCUT2D eigenvalue weighted by Crippen LogP contribution is -2.33. The fourth-order valence-electron chi connectivity index (χ4n) is 2.62. The van der Waals surface area contributed by atoms with Crippen LogP contribution in [0, 0.1) is 20.8 Å². The molecule has 0 aromatic carbocycles. The number of nitrogens with one attached hydrogen (secondary N) is 1. The molecule has 0 aliphatic carbocycles. The Morgan fingerprint density at radius 1 is 1.29 bits per heavy atom. The van der Waals surface area contributed by atoms with Crippen molar-refractivity contribution < 1.29 is 0 Å². The van der Waals surface area contributed by atoms with E-state index in [-0.39, 0.29) is 0 Å². The van der Waals surface area contributed by atoms with Crippen molar-refractivity contribution in [2.45, 2.75) is 46.6 Å². The highest BCUT2D eigenvalue weighted by Crippen LogP contribution is 2.12. The van der Waals surface area contributed by atoms with Crippen LogP contribution in [0.2, 0.25) is 0 Å². The summed E-state index contributed by atoms with van der Waals surface area (Å²) in [5.74, 6) is 0. The minimum Gasteiger partial charge on any atom is -0.303 e. The number of H-pyrrole nitrogens is 1. The average Bonchev–Trinajstić information content (AvgIpc) is 2.75. The van der Waals surface area contributed by atoms with Gasteiger partial charge in [0.1, 0.15) is 0 Å². The van der Waals surface area contributed by atoms with E-state index in [1.54, 1.807) is 0 Å². The Balaban J connectivity index is 1.89. The molecule has 0 bridgehead atoms. The second-order valence-corrected chi connectivity index (χ2v) is 6.02. The highest BCUT2D eigenvalue weighted by Gasteiger charge is 2.13. The number of hydrogen-bond donors (Lipinski definition) is 1. The predicted molar refractivity (Wildman–Crippen MR) is 86.5 cm³/mol. The number of pyridine rings is 1. The molecule has 4 nitrogen and oxygen atoms in total. The fourth-order valence-corrected chi connectivity index (χ4v) is 2.62. The van der Waals surface area contributed by atoms with Gasteiger partial charge < -0.3 is 4.90 Å². The number of aryl methyl sites for hydroxylation is 3. The predicted octanol–water partition coefficient (Wildman–Crippen LogP) is 2.84. The van der Waals surface area contributed by atoms with Crippen LogP contribution in [0.15, 0.2) is 18.3 Å². The summed E-state index contributed by atoms with van der Waals surface area (Å²) in [6, 6.07) is 4.70. The molecule has 0 fully saturated rings. The summed E-state index contributed by atoms with van der Waals surface area (Å²) < 4.78 is 0. The molecule has 0 spiro atoms. The van der Waals surface area contributed by atoms with Gasteiger partial charge in [0.25, 0.3) is 0 Å². The molecule has 2 aromatic rings. The summed E-state index contributed by atoms with van der Waals surface area (Å²) >= 11 is 0. The van der Waals surface area contributed by atoms with Crippen molar-refractivity contribution >= 4 is 0 Å². The second-order valence-electron chi connectivity index (χ2n) is 6.02. The van der Waals surface area contributed by atoms with Gasteiger partial charge in [-0.3, -0.25) is 10.1 Å². The molecule has 0 unspecified atom stereocenters. The summed E-state index contributed by atoms with van der Waals surface area (Å²) in [7, 11) is 2.19. The van der Waals surface area contributed by atoms with E-state index in [0.29, 0.717) is 6.04 Å². The van der Waals surface area contributed by atoms with Crippen LogP contribution in [0.3, 0.4) is 0 Å². The Morgan fingerprint density at radius 2 is 2.05 bits per heavy atom. The maximum Gasteiger partial charge on any atom is 0.0626 e. The quantitative estimate of drug-likeness (QED) is 0.888. The van der Waals surface area contributed by atoms with Gasteiger partial charge in [0.2, 0.25) is 0 Å². The van der Waals surface area contributed by atoms with E-state index in [1.165, 1.54) is 22.5 Å². The van der Waals surface area contributed by atoms with Crippen molar-refractivity contribution in [3.63, 3.8) is 0 Å². The first-order valence-electron chi connectivity index (χ1n) is 7.59. The molecule has 1 atom stereocenters. The number of rotatable bonds is 6. The standard InChI is InChI=1S/C17H26N4/c1-12-6-8-18-16(10-12)11-13(2)21(5)9-7-17-14(3)19-20-15(17)4/h6,8,10,13H,7,9,11H2,1-5H3,(H,19,20)/t13-/m0/s1. The monoisotopic (exact) mass is 286 g/mol. The van der Waals surface area contributed by atoms with Gasteiger partial charge >= 0.3 is 0 Å². The molecule has 2 rings (SSSR count). The van der Waals surface area contributed by atoms with Crippen LogP contribution in [0.4, 0.5) is 0 Å². The highest BCUT2D eigenvalue weighted by molar-refractivity contribution is 5.23. The third-order valence-corrected chi connectivity index (χ3v) is 4.22. The van der Waals surface area contributed by atoms with Crippen LogP contribution in [0.1, 0.15) is 35.1 Å². The number of nitrogens with zero attached hydrogens (tertiary/aromatic N) is 3. The molecular formula is C17H26N4. The van der Waals surface area contributed by atoms with E-state index < -0.39 is 0 Å². The Hall–Kier alpha value is -1.68. The molecule has 0 aliphatic heterocycles. The minimum absolute atomic E-state index is 0.479. The third kappa shape index (κ3) is 4.14. The van der Waals surface area contributed by atoms with Crippen LogP contribution in [0.25, 0.3) is 0 Å². The fraction of sp³-hybridized carbons (Fsp3) is 0.529. The van der Waals surface area contributed by atoms with Gasteiger partial charge in [-0.15, -0.1) is 0 Å². The Kier molecular flexibility index (Phi) is 5.12. The lowest BCUT2D eigenvalue weighted by molar-refractivity contribution is 0.258. The average molecular weight is 286 g/mol. The first-order valence-corrected chi connectivity index (χ1v) is 7.59. The molecule has 0 aliphatic rings. The van der Waals surface area contributed by atoms with Gasteiger partial charge in [0.15, 0.2) is 0 Å². The summed E-state index contributed by atoms with van der Waals surface area (Å²) in [6.07, 6.45) is 3.92. The van der Waals surface area contributed by atoms with Crippen LogP contribution in [-0.2, 0) is 12.8 Å². The van der Waals surface area contributed by atoms with Crippen LogP contribution >= 0.6 is 0 Å². The third-order valence-electron chi connectivity index (χ3n) is 4.22. The topological polar surface area (TPSA) is 44.8 Å². The molecule has 0 saturated heterocycles. The SMILES string of the molecule is Cc1ccnc(C[C@H](C)N(C)CCc2c(C)n[nH]c2C)c1. The molecule has 21 heavy (non-hydrogen) atoms. The first-order chi connectivity index (χ1) is 9.97. The van der Waals surface area contributed by atoms with Gasteiger partial charge in [0.05, 0.1) is 5.69 Å². The smallest absolute Gasteiger partial charge is 0.0626 e. The molecule has 114 valence electrons. The number of aromatic nitrogens is 3. The van der Waals surface area contributed by atoms with E-state index in [1.807, 2.05) is 12.3 Å². The van der Waals surface area contributed by atoms with Gasteiger partial charge in [-0.25, -0.2) is 0 Å². The van der Waals surface area contributed by atoms with Crippen LogP contribution in [-0.4, -0.2) is 39.7 Å². The summed E-state index contributed by atoms with van der Waals surface area (Å²) in [6.45, 7) is 9.58. The van der Waals surface area contributed by atoms with E-state index in [9.17, 15) is 0 Å². The Bertz CT molecular complexity index is 569. The zero-order valence-corrected chi connectivity index (χ0v) is 13.8. The maximum absolute atomic E-state index is 4.46. The largest absolute Gasteiger partial charge is 0.303 e. The van der Waals surface area contributed by atoms with Gasteiger partial charge in [-0.2, -0.15) is 5.10 Å². The number of likely N-dealkylation sites (N-methyl/N-ethyl adjacent to an activating group) is 1. The van der Waals surface area contributed by atoms with E-state index in [0.717, 1.165) is 25.1 Å². The molecule has 4 heteroatoms. The van der Waals surface area contributed by atoms with Crippen molar-refractivity contribution in [1.82, 2.24) is 20.1 Å². The van der Waals surface area contributed by atoms with Gasteiger partial charge in [-0.05, 0) is 64.4 Å². The summed E-state index contributed by atoms with van der Waals surface area (Å²) in [4.78, 5) is 6.86. The molecule has 2 heterocycles. The van der Waals surface area contributed by atoms with Gasteiger partial charge in [-0.1, -0.05) is 0 Å². The molecule has 0 saturated carbocycles. The zero-order valence-electron chi connectivity index (χ0n) is 13.8. The van der Waals surface area contributed by atoms with Crippen molar-refractivity contribution in [3.05, 3.63) is 46.5 Å². The van der Waals surface area contributed by atoms with Gasteiger partial charge in [0, 0.05) is 36.6 Å². The van der Waals surface area contributed by atoms with E-state index in [2.05, 4.69) is 60.9 Å². The van der Waals surface area contributed by atoms with E-state index in [4.69, 9.17) is 0 Å². The summed E-state index contributed by atoms with van der Waals surface area (Å²) in [5.41, 5.74) is 6.11. The van der Waals surface area contributed by atoms with E-state index >= 15 is 0 Å².